The van der Waals surface area contributed by atoms with Crippen molar-refractivity contribution in [3.05, 3.63) is 12.2 Å². The molecule has 0 atom stereocenters. The van der Waals surface area contributed by atoms with Crippen LogP contribution in [0.1, 0.15) is 38.9 Å². The van der Waals surface area contributed by atoms with Gasteiger partial charge in [-0.1, -0.05) is 6.92 Å². The molecule has 1 fully saturated rings. The zero-order valence-corrected chi connectivity index (χ0v) is 16.8. The van der Waals surface area contributed by atoms with Crippen LogP contribution in [0.25, 0.3) is 0 Å². The van der Waals surface area contributed by atoms with Crippen molar-refractivity contribution >= 4 is 5.96 Å². The second kappa shape index (κ2) is 11.2. The van der Waals surface area contributed by atoms with Crippen molar-refractivity contribution in [2.45, 2.75) is 52.3 Å². The van der Waals surface area contributed by atoms with Crippen LogP contribution in [0.15, 0.2) is 11.3 Å². The number of alkyl halides is 3. The molecular formula is C18H32F3N7. The van der Waals surface area contributed by atoms with Crippen LogP contribution >= 0.6 is 0 Å². The number of aromatic nitrogens is 3. The zero-order chi connectivity index (χ0) is 20.4. The summed E-state index contributed by atoms with van der Waals surface area (Å²) < 4.78 is 39.4. The Labute approximate surface area is 164 Å². The summed E-state index contributed by atoms with van der Waals surface area (Å²) in [5.41, 5.74) is 0. The van der Waals surface area contributed by atoms with Crippen molar-refractivity contribution in [1.82, 2.24) is 30.3 Å². The number of aliphatic imine (C=N–C) groups is 1. The third kappa shape index (κ3) is 8.04. The third-order valence-corrected chi connectivity index (χ3v) is 4.92. The Bertz CT molecular complexity index is 592. The van der Waals surface area contributed by atoms with Crippen LogP contribution in [0.5, 0.6) is 0 Å². The molecule has 7 nitrogen and oxygen atoms in total. The summed E-state index contributed by atoms with van der Waals surface area (Å²) >= 11 is 0. The molecule has 1 aliphatic heterocycles. The van der Waals surface area contributed by atoms with Gasteiger partial charge in [-0.3, -0.25) is 9.89 Å². The second-order valence-corrected chi connectivity index (χ2v) is 7.10. The van der Waals surface area contributed by atoms with Gasteiger partial charge in [0, 0.05) is 32.6 Å². The Hall–Kier alpha value is -1.84. The lowest BCUT2D eigenvalue weighted by Crippen LogP contribution is -2.40. The lowest BCUT2D eigenvalue weighted by atomic mass is 9.93. The Kier molecular flexibility index (Phi) is 9.01. The van der Waals surface area contributed by atoms with Crippen molar-refractivity contribution in [3.63, 3.8) is 0 Å². The molecule has 1 saturated heterocycles. The molecule has 1 aromatic heterocycles. The normalized spacial score (nSPS) is 17.1. The van der Waals surface area contributed by atoms with E-state index in [0.717, 1.165) is 50.6 Å². The quantitative estimate of drug-likeness (QED) is 0.488. The molecule has 0 bridgehead atoms. The largest absolute Gasteiger partial charge is 0.401 e. The number of aryl methyl sites for hydroxylation is 1. The van der Waals surface area contributed by atoms with Crippen LogP contribution in [-0.4, -0.2) is 71.1 Å². The summed E-state index contributed by atoms with van der Waals surface area (Å²) in [7, 11) is 0. The standard InChI is InChI=1S/C18H32F3N7/c1-3-16-26-25-14-28(16)12-9-24-17(22-4-2)23-8-5-15-6-10-27(11-7-15)13-18(19,20)21/h14-15H,3-13H2,1-2H3,(H2,22,23,24). The molecule has 0 spiro atoms. The van der Waals surface area contributed by atoms with Gasteiger partial charge in [0.2, 0.25) is 0 Å². The zero-order valence-electron chi connectivity index (χ0n) is 16.8. The summed E-state index contributed by atoms with van der Waals surface area (Å²) in [6, 6.07) is 0. The fourth-order valence-electron chi connectivity index (χ4n) is 3.42. The number of nitrogens with zero attached hydrogens (tertiary/aromatic N) is 5. The lowest BCUT2D eigenvalue weighted by Gasteiger charge is -2.32. The van der Waals surface area contributed by atoms with Gasteiger partial charge in [-0.05, 0) is 45.2 Å². The molecule has 0 saturated carbocycles. The van der Waals surface area contributed by atoms with Gasteiger partial charge in [-0.15, -0.1) is 10.2 Å². The summed E-state index contributed by atoms with van der Waals surface area (Å²) in [5.74, 6) is 2.17. The average Bonchev–Trinajstić information content (AvgIpc) is 3.09. The highest BCUT2D eigenvalue weighted by Gasteiger charge is 2.32. The van der Waals surface area contributed by atoms with Gasteiger partial charge in [-0.2, -0.15) is 13.2 Å². The molecule has 2 heterocycles. The van der Waals surface area contributed by atoms with E-state index in [-0.39, 0.29) is 0 Å². The van der Waals surface area contributed by atoms with Gasteiger partial charge in [0.1, 0.15) is 12.2 Å². The highest BCUT2D eigenvalue weighted by molar-refractivity contribution is 5.79. The summed E-state index contributed by atoms with van der Waals surface area (Å²) in [6.07, 6.45) is 0.994. The van der Waals surface area contributed by atoms with Crippen LogP contribution < -0.4 is 10.6 Å². The minimum atomic E-state index is -4.10. The molecule has 0 radical (unpaired) electrons. The van der Waals surface area contributed by atoms with E-state index < -0.39 is 12.7 Å². The SMILES string of the molecule is CCNC(=NCCC1CCN(CC(F)(F)F)CC1)NCCn1cnnc1CC. The fraction of sp³-hybridized carbons (Fsp3) is 0.833. The monoisotopic (exact) mass is 403 g/mol. The van der Waals surface area contributed by atoms with Crippen LogP contribution in [0.2, 0.25) is 0 Å². The molecule has 10 heteroatoms. The maximum atomic E-state index is 12.5. The molecular weight excluding hydrogens is 371 g/mol. The predicted molar refractivity (Wildman–Crippen MR) is 103 cm³/mol. The molecule has 1 aliphatic rings. The minimum Gasteiger partial charge on any atom is -0.357 e. The predicted octanol–water partition coefficient (Wildman–Crippen LogP) is 2.06. The maximum Gasteiger partial charge on any atom is 0.401 e. The van der Waals surface area contributed by atoms with Gasteiger partial charge in [-0.25, -0.2) is 0 Å². The van der Waals surface area contributed by atoms with Gasteiger partial charge in [0.15, 0.2) is 5.96 Å². The molecule has 0 aliphatic carbocycles. The molecule has 1 aromatic rings. The van der Waals surface area contributed by atoms with Crippen LogP contribution in [0, 0.1) is 5.92 Å². The van der Waals surface area contributed by atoms with Crippen LogP contribution in [0.4, 0.5) is 13.2 Å². The number of nitrogens with one attached hydrogen (secondary N) is 2. The first-order valence-electron chi connectivity index (χ1n) is 10.1. The number of piperidine rings is 1. The molecule has 0 amide bonds. The first kappa shape index (κ1) is 22.4. The summed E-state index contributed by atoms with van der Waals surface area (Å²) in [5, 5.41) is 14.5. The van der Waals surface area contributed by atoms with E-state index in [1.807, 2.05) is 18.4 Å². The van der Waals surface area contributed by atoms with E-state index in [0.29, 0.717) is 32.1 Å². The van der Waals surface area contributed by atoms with Crippen LogP contribution in [-0.2, 0) is 13.0 Å². The van der Waals surface area contributed by atoms with Crippen molar-refractivity contribution in [1.29, 1.82) is 0 Å². The summed E-state index contributed by atoms with van der Waals surface area (Å²) in [4.78, 5) is 6.11. The van der Waals surface area contributed by atoms with E-state index in [2.05, 4.69) is 25.8 Å². The molecule has 2 N–H and O–H groups in total. The van der Waals surface area contributed by atoms with Crippen LogP contribution in [0.3, 0.4) is 0 Å². The third-order valence-electron chi connectivity index (χ3n) is 4.92. The first-order valence-corrected chi connectivity index (χ1v) is 10.1. The molecule has 160 valence electrons. The Morgan fingerprint density at radius 2 is 2.00 bits per heavy atom. The Morgan fingerprint density at radius 1 is 1.25 bits per heavy atom. The van der Waals surface area contributed by atoms with Crippen molar-refractivity contribution < 1.29 is 13.2 Å². The van der Waals surface area contributed by atoms with Gasteiger partial charge in [0.25, 0.3) is 0 Å². The van der Waals surface area contributed by atoms with Crippen molar-refractivity contribution in [3.8, 4) is 0 Å². The first-order chi connectivity index (χ1) is 13.4. The van der Waals surface area contributed by atoms with E-state index >= 15 is 0 Å². The molecule has 2 rings (SSSR count). The highest BCUT2D eigenvalue weighted by Crippen LogP contribution is 2.24. The summed E-state index contributed by atoms with van der Waals surface area (Å²) in [6.45, 7) is 7.23. The van der Waals surface area contributed by atoms with E-state index in [1.54, 1.807) is 6.33 Å². The van der Waals surface area contributed by atoms with E-state index in [4.69, 9.17) is 0 Å². The smallest absolute Gasteiger partial charge is 0.357 e. The number of rotatable bonds is 9. The topological polar surface area (TPSA) is 70.4 Å². The van der Waals surface area contributed by atoms with E-state index in [1.165, 1.54) is 4.90 Å². The number of likely N-dealkylation sites (tertiary alicyclic amines) is 1. The second-order valence-electron chi connectivity index (χ2n) is 7.10. The fourth-order valence-corrected chi connectivity index (χ4v) is 3.42. The van der Waals surface area contributed by atoms with Crippen molar-refractivity contribution in [2.75, 3.05) is 39.3 Å². The van der Waals surface area contributed by atoms with Gasteiger partial charge >= 0.3 is 6.18 Å². The minimum absolute atomic E-state index is 0.445. The Morgan fingerprint density at radius 3 is 2.64 bits per heavy atom. The highest BCUT2D eigenvalue weighted by atomic mass is 19.4. The Balaban J connectivity index is 1.69. The number of hydrogen-bond donors (Lipinski definition) is 2. The van der Waals surface area contributed by atoms with Gasteiger partial charge < -0.3 is 15.2 Å². The van der Waals surface area contributed by atoms with E-state index in [9.17, 15) is 13.2 Å². The molecule has 0 aromatic carbocycles. The lowest BCUT2D eigenvalue weighted by molar-refractivity contribution is -0.148. The van der Waals surface area contributed by atoms with Gasteiger partial charge in [0.05, 0.1) is 6.54 Å². The number of guanidine groups is 1. The number of hydrogen-bond acceptors (Lipinski definition) is 4. The van der Waals surface area contributed by atoms with Crippen molar-refractivity contribution in [2.24, 2.45) is 10.9 Å². The maximum absolute atomic E-state index is 12.5. The number of halogens is 3. The average molecular weight is 403 g/mol. The molecule has 0 unspecified atom stereocenters. The molecule has 28 heavy (non-hydrogen) atoms.